The van der Waals surface area contributed by atoms with Crippen molar-refractivity contribution in [3.63, 3.8) is 0 Å². The number of carbonyl (C=O) groups excluding carboxylic acids is 1. The molecule has 0 saturated carbocycles. The number of anilines is 1. The molecule has 0 N–H and O–H groups in total. The first kappa shape index (κ1) is 29.9. The lowest BCUT2D eigenvalue weighted by Gasteiger charge is -2.24. The van der Waals surface area contributed by atoms with Crippen molar-refractivity contribution in [2.45, 2.75) is 57.6 Å². The number of hydrogen-bond acceptors (Lipinski definition) is 7. The molecule has 3 aromatic rings. The van der Waals surface area contributed by atoms with E-state index in [-0.39, 0.29) is 11.5 Å². The third-order valence-electron chi connectivity index (χ3n) is 5.55. The van der Waals surface area contributed by atoms with Crippen LogP contribution >= 0.6 is 0 Å². The number of benzene rings is 2. The first-order valence-corrected chi connectivity index (χ1v) is 14.1. The summed E-state index contributed by atoms with van der Waals surface area (Å²) in [6, 6.07) is 17.7. The van der Waals surface area contributed by atoms with Gasteiger partial charge < -0.3 is 9.47 Å². The lowest BCUT2D eigenvalue weighted by molar-refractivity contribution is 0.0589. The first-order valence-electron chi connectivity index (χ1n) is 12.7. The van der Waals surface area contributed by atoms with Crippen LogP contribution in [0.2, 0.25) is 0 Å². The van der Waals surface area contributed by atoms with Gasteiger partial charge in [-0.25, -0.2) is 9.78 Å². The number of aromatic nitrogens is 1. The molecule has 208 valence electrons. The van der Waals surface area contributed by atoms with Gasteiger partial charge in [0.05, 0.1) is 17.6 Å². The SMILES string of the molecule is Cc1ccc(S(=O)(=O)OC(C)CCOc2ccc(/C=C/c3ccc(N(C)C(=O)OC(C)(C)C)cc3)cn2)cc1. The van der Waals surface area contributed by atoms with E-state index in [0.717, 1.165) is 22.4 Å². The van der Waals surface area contributed by atoms with Crippen LogP contribution in [0.3, 0.4) is 0 Å². The van der Waals surface area contributed by atoms with Gasteiger partial charge in [-0.15, -0.1) is 0 Å². The van der Waals surface area contributed by atoms with Crippen LogP contribution < -0.4 is 9.64 Å². The molecule has 1 aromatic heterocycles. The molecule has 0 bridgehead atoms. The Morgan fingerprint density at radius 1 is 0.974 bits per heavy atom. The Balaban J connectivity index is 1.47. The standard InChI is InChI=1S/C30H36N2O6S/c1-22-7-16-27(17-8-22)39(34,35)38-23(2)19-20-36-28-18-13-25(21-31-28)10-9-24-11-14-26(15-12-24)32(6)29(33)37-30(3,4)5/h7-18,21,23H,19-20H2,1-6H3/b10-9+. The Morgan fingerprint density at radius 3 is 2.18 bits per heavy atom. The summed E-state index contributed by atoms with van der Waals surface area (Å²) >= 11 is 0. The van der Waals surface area contributed by atoms with Gasteiger partial charge in [-0.2, -0.15) is 8.42 Å². The van der Waals surface area contributed by atoms with Crippen molar-refractivity contribution in [1.82, 2.24) is 4.98 Å². The molecule has 1 unspecified atom stereocenters. The predicted octanol–water partition coefficient (Wildman–Crippen LogP) is 6.49. The molecule has 9 heteroatoms. The van der Waals surface area contributed by atoms with Crippen LogP contribution in [0.15, 0.2) is 71.8 Å². The van der Waals surface area contributed by atoms with E-state index in [2.05, 4.69) is 4.98 Å². The highest BCUT2D eigenvalue weighted by molar-refractivity contribution is 7.86. The smallest absolute Gasteiger partial charge is 0.414 e. The second-order valence-electron chi connectivity index (χ2n) is 10.2. The van der Waals surface area contributed by atoms with Crippen molar-refractivity contribution in [2.24, 2.45) is 0 Å². The number of amides is 1. The highest BCUT2D eigenvalue weighted by Gasteiger charge is 2.21. The first-order chi connectivity index (χ1) is 18.3. The van der Waals surface area contributed by atoms with Crippen molar-refractivity contribution >= 4 is 34.1 Å². The van der Waals surface area contributed by atoms with Gasteiger partial charge in [-0.05, 0) is 76.1 Å². The topological polar surface area (TPSA) is 95.0 Å². The molecule has 0 saturated heterocycles. The Labute approximate surface area is 231 Å². The van der Waals surface area contributed by atoms with Gasteiger partial charge in [-0.1, -0.05) is 42.0 Å². The quantitative estimate of drug-likeness (QED) is 0.265. The number of carbonyl (C=O) groups is 1. The lowest BCUT2D eigenvalue weighted by atomic mass is 10.1. The minimum absolute atomic E-state index is 0.134. The fourth-order valence-electron chi connectivity index (χ4n) is 3.37. The van der Waals surface area contributed by atoms with Gasteiger partial charge >= 0.3 is 6.09 Å². The second-order valence-corrected chi connectivity index (χ2v) is 11.8. The zero-order valence-corrected chi connectivity index (χ0v) is 24.1. The molecule has 0 fully saturated rings. The molecule has 39 heavy (non-hydrogen) atoms. The molecule has 1 atom stereocenters. The summed E-state index contributed by atoms with van der Waals surface area (Å²) in [5, 5.41) is 0. The number of ether oxygens (including phenoxy) is 2. The number of nitrogens with zero attached hydrogens (tertiary/aromatic N) is 2. The van der Waals surface area contributed by atoms with Crippen LogP contribution in [-0.4, -0.2) is 44.9 Å². The van der Waals surface area contributed by atoms with E-state index in [4.69, 9.17) is 13.7 Å². The Morgan fingerprint density at radius 2 is 1.59 bits per heavy atom. The van der Waals surface area contributed by atoms with Crippen molar-refractivity contribution in [3.8, 4) is 5.88 Å². The van der Waals surface area contributed by atoms with Crippen LogP contribution in [0.1, 0.15) is 50.8 Å². The predicted molar refractivity (Wildman–Crippen MR) is 153 cm³/mol. The van der Waals surface area contributed by atoms with E-state index in [1.54, 1.807) is 38.4 Å². The summed E-state index contributed by atoms with van der Waals surface area (Å²) < 4.78 is 41.2. The van der Waals surface area contributed by atoms with Gasteiger partial charge in [0.1, 0.15) is 5.60 Å². The number of aryl methyl sites for hydroxylation is 1. The molecule has 8 nitrogen and oxygen atoms in total. The molecule has 1 amide bonds. The number of pyridine rings is 1. The van der Waals surface area contributed by atoms with Crippen LogP contribution in [0.25, 0.3) is 12.2 Å². The monoisotopic (exact) mass is 552 g/mol. The minimum Gasteiger partial charge on any atom is -0.478 e. The summed E-state index contributed by atoms with van der Waals surface area (Å²) in [6.07, 6.45) is 4.99. The molecular weight excluding hydrogens is 516 g/mol. The van der Waals surface area contributed by atoms with Gasteiger partial charge in [0.25, 0.3) is 10.1 Å². The molecule has 0 aliphatic rings. The fraction of sp³-hybridized carbons (Fsp3) is 0.333. The van der Waals surface area contributed by atoms with Crippen molar-refractivity contribution in [3.05, 3.63) is 83.6 Å². The molecule has 2 aromatic carbocycles. The largest absolute Gasteiger partial charge is 0.478 e. The Bertz CT molecular complexity index is 1360. The maximum atomic E-state index is 12.4. The molecule has 1 heterocycles. The van der Waals surface area contributed by atoms with Crippen molar-refractivity contribution < 1.29 is 26.9 Å². The number of hydrogen-bond donors (Lipinski definition) is 0. The van der Waals surface area contributed by atoms with Crippen molar-refractivity contribution in [2.75, 3.05) is 18.6 Å². The summed E-state index contributed by atoms with van der Waals surface area (Å²) in [5.41, 5.74) is 3.00. The third-order valence-corrected chi connectivity index (χ3v) is 6.98. The third kappa shape index (κ3) is 9.53. The van der Waals surface area contributed by atoms with Crippen LogP contribution in [0, 0.1) is 6.92 Å². The lowest BCUT2D eigenvalue weighted by Crippen LogP contribution is -2.34. The van der Waals surface area contributed by atoms with Gasteiger partial charge in [0.2, 0.25) is 5.88 Å². The molecule has 0 aliphatic heterocycles. The van der Waals surface area contributed by atoms with Gasteiger partial charge in [-0.3, -0.25) is 9.08 Å². The zero-order valence-electron chi connectivity index (χ0n) is 23.2. The average Bonchev–Trinajstić information content (AvgIpc) is 2.87. The zero-order chi connectivity index (χ0) is 28.6. The molecular formula is C30H36N2O6S. The number of rotatable bonds is 10. The van der Waals surface area contributed by atoms with E-state index in [0.29, 0.717) is 12.3 Å². The normalized spacial score (nSPS) is 12.8. The van der Waals surface area contributed by atoms with Gasteiger partial charge in [0.15, 0.2) is 0 Å². The van der Waals surface area contributed by atoms with E-state index < -0.39 is 27.9 Å². The molecule has 3 rings (SSSR count). The van der Waals surface area contributed by atoms with E-state index >= 15 is 0 Å². The summed E-state index contributed by atoms with van der Waals surface area (Å²) in [7, 11) is -2.15. The van der Waals surface area contributed by atoms with Crippen LogP contribution in [0.4, 0.5) is 10.5 Å². The summed E-state index contributed by atoms with van der Waals surface area (Å²) in [5.74, 6) is 0.440. The van der Waals surface area contributed by atoms with Crippen molar-refractivity contribution in [1.29, 1.82) is 0 Å². The van der Waals surface area contributed by atoms with Gasteiger partial charge in [0, 0.05) is 31.4 Å². The highest BCUT2D eigenvalue weighted by atomic mass is 32.2. The maximum Gasteiger partial charge on any atom is 0.414 e. The second kappa shape index (κ2) is 12.9. The summed E-state index contributed by atoms with van der Waals surface area (Å²) in [4.78, 5) is 18.2. The average molecular weight is 553 g/mol. The Hall–Kier alpha value is -3.69. The van der Waals surface area contributed by atoms with Crippen LogP contribution in [0.5, 0.6) is 5.88 Å². The van der Waals surface area contributed by atoms with E-state index in [1.807, 2.05) is 70.2 Å². The molecule has 0 radical (unpaired) electrons. The molecule has 0 aliphatic carbocycles. The highest BCUT2D eigenvalue weighted by Crippen LogP contribution is 2.20. The minimum atomic E-state index is -3.83. The van der Waals surface area contributed by atoms with Crippen LogP contribution in [-0.2, 0) is 19.0 Å². The molecule has 0 spiro atoms. The summed E-state index contributed by atoms with van der Waals surface area (Å²) in [6.45, 7) is 9.34. The van der Waals surface area contributed by atoms with E-state index in [1.165, 1.54) is 17.0 Å². The Kier molecular flexibility index (Phi) is 9.88. The fourth-order valence-corrected chi connectivity index (χ4v) is 4.48. The maximum absolute atomic E-state index is 12.4. The van der Waals surface area contributed by atoms with E-state index in [9.17, 15) is 13.2 Å².